The van der Waals surface area contributed by atoms with E-state index < -0.39 is 12.2 Å². The van der Waals surface area contributed by atoms with Gasteiger partial charge in [-0.3, -0.25) is 0 Å². The Kier molecular flexibility index (Phi) is 8.69. The number of aliphatic hydroxyl groups excluding tert-OH is 2. The Bertz CT molecular complexity index is 662. The predicted molar refractivity (Wildman–Crippen MR) is 109 cm³/mol. The maximum absolute atomic E-state index is 10.4. The van der Waals surface area contributed by atoms with Crippen molar-refractivity contribution in [2.45, 2.75) is 44.7 Å². The van der Waals surface area contributed by atoms with Gasteiger partial charge >= 0.3 is 0 Å². The molecule has 146 valence electrons. The van der Waals surface area contributed by atoms with Crippen LogP contribution in [0.2, 0.25) is 0 Å². The fourth-order valence-corrected chi connectivity index (χ4v) is 3.14. The van der Waals surface area contributed by atoms with Crippen LogP contribution in [0.3, 0.4) is 0 Å². The van der Waals surface area contributed by atoms with Gasteiger partial charge in [0.05, 0.1) is 13.2 Å². The van der Waals surface area contributed by atoms with Gasteiger partial charge in [-0.1, -0.05) is 73.7 Å². The quantitative estimate of drug-likeness (QED) is 0.531. The van der Waals surface area contributed by atoms with Crippen LogP contribution in [0.5, 0.6) is 0 Å². The molecule has 0 aliphatic rings. The molecule has 0 radical (unpaired) electrons. The lowest BCUT2D eigenvalue weighted by Crippen LogP contribution is -2.52. The normalized spacial score (nSPS) is 16.9. The molecule has 0 amide bonds. The Morgan fingerprint density at radius 2 is 1.63 bits per heavy atom. The van der Waals surface area contributed by atoms with Crippen LogP contribution in [0.4, 0.5) is 0 Å². The van der Waals surface area contributed by atoms with Crippen molar-refractivity contribution in [1.82, 2.24) is 5.32 Å². The summed E-state index contributed by atoms with van der Waals surface area (Å²) in [6, 6.07) is 19.8. The van der Waals surface area contributed by atoms with E-state index in [4.69, 9.17) is 4.74 Å². The van der Waals surface area contributed by atoms with Gasteiger partial charge in [0, 0.05) is 12.1 Å². The Morgan fingerprint density at radius 1 is 1.04 bits per heavy atom. The molecule has 0 bridgehead atoms. The van der Waals surface area contributed by atoms with Crippen molar-refractivity contribution in [2.24, 2.45) is 5.92 Å². The van der Waals surface area contributed by atoms with Gasteiger partial charge in [0.25, 0.3) is 0 Å². The van der Waals surface area contributed by atoms with Crippen LogP contribution in [-0.2, 0) is 11.3 Å². The van der Waals surface area contributed by atoms with Crippen LogP contribution in [0.1, 0.15) is 31.0 Å². The molecule has 0 aromatic heterocycles. The van der Waals surface area contributed by atoms with E-state index in [1.54, 1.807) is 0 Å². The lowest BCUT2D eigenvalue weighted by atomic mass is 9.91. The fraction of sp³-hybridized carbons (Fsp3) is 0.391. The summed E-state index contributed by atoms with van der Waals surface area (Å²) in [5, 5.41) is 23.6. The van der Waals surface area contributed by atoms with Crippen molar-refractivity contribution in [3.63, 3.8) is 0 Å². The molecular weight excluding hydrogens is 338 g/mol. The number of hydrogen-bond donors (Lipinski definition) is 3. The van der Waals surface area contributed by atoms with Crippen molar-refractivity contribution >= 4 is 0 Å². The second-order valence-electron chi connectivity index (χ2n) is 6.93. The second-order valence-corrected chi connectivity index (χ2v) is 6.93. The number of benzene rings is 2. The largest absolute Gasteiger partial charge is 0.394 e. The molecule has 0 unspecified atom stereocenters. The van der Waals surface area contributed by atoms with Crippen molar-refractivity contribution in [1.29, 1.82) is 0 Å². The predicted octanol–water partition coefficient (Wildman–Crippen LogP) is 3.47. The molecular formula is C23H31NO3. The van der Waals surface area contributed by atoms with Gasteiger partial charge in [0.15, 0.2) is 0 Å². The third-order valence-corrected chi connectivity index (χ3v) is 4.89. The highest BCUT2D eigenvalue weighted by Crippen LogP contribution is 2.21. The first-order chi connectivity index (χ1) is 13.1. The fourth-order valence-electron chi connectivity index (χ4n) is 3.14. The minimum atomic E-state index is -0.989. The number of rotatable bonds is 11. The van der Waals surface area contributed by atoms with E-state index in [0.717, 1.165) is 11.1 Å². The first-order valence-corrected chi connectivity index (χ1v) is 9.44. The van der Waals surface area contributed by atoms with Gasteiger partial charge in [-0.15, -0.1) is 6.58 Å². The van der Waals surface area contributed by atoms with Crippen molar-refractivity contribution in [2.75, 3.05) is 6.61 Å². The monoisotopic (exact) mass is 369 g/mol. The van der Waals surface area contributed by atoms with Crippen molar-refractivity contribution in [3.8, 4) is 0 Å². The van der Waals surface area contributed by atoms with E-state index in [-0.39, 0.29) is 24.6 Å². The molecule has 0 spiro atoms. The molecule has 27 heavy (non-hydrogen) atoms. The molecule has 0 aliphatic heterocycles. The van der Waals surface area contributed by atoms with Crippen LogP contribution < -0.4 is 5.32 Å². The average molecular weight is 370 g/mol. The number of ether oxygens (including phenoxy) is 1. The van der Waals surface area contributed by atoms with Crippen molar-refractivity contribution < 1.29 is 14.9 Å². The van der Waals surface area contributed by atoms with Gasteiger partial charge in [-0.2, -0.15) is 0 Å². The Hall–Kier alpha value is -1.98. The lowest BCUT2D eigenvalue weighted by molar-refractivity contribution is -0.0880. The van der Waals surface area contributed by atoms with Crippen molar-refractivity contribution in [3.05, 3.63) is 84.4 Å². The van der Waals surface area contributed by atoms with Crippen LogP contribution >= 0.6 is 0 Å². The Labute approximate surface area is 162 Å². The molecule has 4 heteroatoms. The molecule has 5 atom stereocenters. The number of aliphatic hydroxyl groups is 2. The van der Waals surface area contributed by atoms with Crippen LogP contribution in [0.15, 0.2) is 73.3 Å². The summed E-state index contributed by atoms with van der Waals surface area (Å²) in [6.45, 7) is 8.03. The summed E-state index contributed by atoms with van der Waals surface area (Å²) in [4.78, 5) is 0. The third kappa shape index (κ3) is 6.29. The Morgan fingerprint density at radius 3 is 2.19 bits per heavy atom. The van der Waals surface area contributed by atoms with Gasteiger partial charge in [-0.25, -0.2) is 0 Å². The highest BCUT2D eigenvalue weighted by molar-refractivity contribution is 5.19. The van der Waals surface area contributed by atoms with Crippen LogP contribution in [0.25, 0.3) is 0 Å². The summed E-state index contributed by atoms with van der Waals surface area (Å²) in [6.07, 6.45) is 0.282. The van der Waals surface area contributed by atoms with Gasteiger partial charge in [-0.05, 0) is 24.0 Å². The average Bonchev–Trinajstić information content (AvgIpc) is 2.73. The zero-order valence-electron chi connectivity index (χ0n) is 16.2. The number of nitrogens with one attached hydrogen (secondary N) is 1. The topological polar surface area (TPSA) is 61.7 Å². The Balaban J connectivity index is 2.18. The maximum Gasteiger partial charge on any atom is 0.105 e. The SMILES string of the molecule is C=C[C@H](C)[C@@H](N[C@H](C)c1ccccc1)[C@H](OCc1ccccc1)[C@@H](O)CO. The summed E-state index contributed by atoms with van der Waals surface area (Å²) < 4.78 is 6.08. The molecule has 2 aromatic rings. The van der Waals surface area contributed by atoms with E-state index in [9.17, 15) is 10.2 Å². The van der Waals surface area contributed by atoms with Crippen LogP contribution in [0, 0.1) is 5.92 Å². The molecule has 0 aliphatic carbocycles. The van der Waals surface area contributed by atoms with E-state index in [0.29, 0.717) is 6.61 Å². The first kappa shape index (κ1) is 21.3. The van der Waals surface area contributed by atoms with Gasteiger partial charge in [0.1, 0.15) is 12.2 Å². The van der Waals surface area contributed by atoms with E-state index in [2.05, 4.69) is 31.0 Å². The first-order valence-electron chi connectivity index (χ1n) is 9.44. The molecule has 2 rings (SSSR count). The van der Waals surface area contributed by atoms with Gasteiger partial charge in [0.2, 0.25) is 0 Å². The molecule has 2 aromatic carbocycles. The molecule has 0 saturated heterocycles. The summed E-state index contributed by atoms with van der Waals surface area (Å²) in [7, 11) is 0. The zero-order valence-corrected chi connectivity index (χ0v) is 16.2. The highest BCUT2D eigenvalue weighted by Gasteiger charge is 2.33. The molecule has 0 heterocycles. The highest BCUT2D eigenvalue weighted by atomic mass is 16.5. The molecule has 3 N–H and O–H groups in total. The standard InChI is InChI=1S/C23H31NO3/c1-4-17(2)22(24-18(3)20-13-9-6-10-14-20)23(21(26)15-25)27-16-19-11-7-5-8-12-19/h4-14,17-18,21-26H,1,15-16H2,2-3H3/t17-,18+,21-,22+,23+/m0/s1. The molecule has 0 fully saturated rings. The van der Waals surface area contributed by atoms with Crippen LogP contribution in [-0.4, -0.2) is 35.1 Å². The van der Waals surface area contributed by atoms with Gasteiger partial charge < -0.3 is 20.3 Å². The minimum absolute atomic E-state index is 0.0399. The lowest BCUT2D eigenvalue weighted by Gasteiger charge is -2.36. The summed E-state index contributed by atoms with van der Waals surface area (Å²) >= 11 is 0. The maximum atomic E-state index is 10.4. The second kappa shape index (κ2) is 11.0. The summed E-state index contributed by atoms with van der Waals surface area (Å²) in [5.41, 5.74) is 2.17. The summed E-state index contributed by atoms with van der Waals surface area (Å²) in [5.74, 6) is 0.0399. The number of hydrogen-bond acceptors (Lipinski definition) is 4. The van der Waals surface area contributed by atoms with E-state index >= 15 is 0 Å². The van der Waals surface area contributed by atoms with E-state index in [1.807, 2.05) is 61.5 Å². The smallest absolute Gasteiger partial charge is 0.105 e. The molecule has 4 nitrogen and oxygen atoms in total. The third-order valence-electron chi connectivity index (χ3n) is 4.89. The van der Waals surface area contributed by atoms with E-state index in [1.165, 1.54) is 0 Å². The minimum Gasteiger partial charge on any atom is -0.394 e. The molecule has 0 saturated carbocycles. The zero-order chi connectivity index (χ0) is 19.6.